The van der Waals surface area contributed by atoms with Crippen molar-refractivity contribution in [2.24, 2.45) is 5.92 Å². The van der Waals surface area contributed by atoms with Crippen LogP contribution >= 0.6 is 0 Å². The van der Waals surface area contributed by atoms with Gasteiger partial charge in [-0.1, -0.05) is 13.0 Å². The largest absolute Gasteiger partial charge is 0.508 e. The Balaban J connectivity index is 2.36. The van der Waals surface area contributed by atoms with Crippen LogP contribution in [0.25, 0.3) is 0 Å². The summed E-state index contributed by atoms with van der Waals surface area (Å²) in [5, 5.41) is 9.41. The molecule has 0 aromatic heterocycles. The molecule has 5 heteroatoms. The van der Waals surface area contributed by atoms with E-state index in [-0.39, 0.29) is 16.7 Å². The summed E-state index contributed by atoms with van der Waals surface area (Å²) >= 11 is 0. The molecule has 1 aliphatic rings. The summed E-state index contributed by atoms with van der Waals surface area (Å²) in [6.45, 7) is 4.59. The van der Waals surface area contributed by atoms with Crippen molar-refractivity contribution < 1.29 is 13.5 Å². The van der Waals surface area contributed by atoms with Gasteiger partial charge in [0.2, 0.25) is 10.0 Å². The summed E-state index contributed by atoms with van der Waals surface area (Å²) < 4.78 is 26.6. The lowest BCUT2D eigenvalue weighted by molar-refractivity contribution is 0.202. The number of aromatic hydroxyl groups is 1. The van der Waals surface area contributed by atoms with Crippen molar-refractivity contribution in [1.29, 1.82) is 0 Å². The Morgan fingerprint density at radius 3 is 2.72 bits per heavy atom. The lowest BCUT2D eigenvalue weighted by Crippen LogP contribution is -2.45. The van der Waals surface area contributed by atoms with Crippen LogP contribution in [0.4, 0.5) is 0 Å². The molecule has 1 heterocycles. The monoisotopic (exact) mass is 269 g/mol. The van der Waals surface area contributed by atoms with Crippen LogP contribution in [-0.4, -0.2) is 30.4 Å². The van der Waals surface area contributed by atoms with E-state index in [0.29, 0.717) is 12.5 Å². The first-order chi connectivity index (χ1) is 8.43. The molecule has 0 amide bonds. The number of rotatable bonds is 2. The number of hydrogen-bond acceptors (Lipinski definition) is 3. The van der Waals surface area contributed by atoms with Gasteiger partial charge in [0.1, 0.15) is 5.75 Å². The first-order valence-corrected chi connectivity index (χ1v) is 7.68. The Kier molecular flexibility index (Phi) is 3.64. The topological polar surface area (TPSA) is 57.6 Å². The van der Waals surface area contributed by atoms with Crippen molar-refractivity contribution in [1.82, 2.24) is 4.31 Å². The van der Waals surface area contributed by atoms with Gasteiger partial charge in [-0.2, -0.15) is 4.31 Å². The highest BCUT2D eigenvalue weighted by atomic mass is 32.2. The first-order valence-electron chi connectivity index (χ1n) is 6.24. The van der Waals surface area contributed by atoms with Crippen molar-refractivity contribution in [3.63, 3.8) is 0 Å². The third-order valence-corrected chi connectivity index (χ3v) is 5.72. The zero-order valence-electron chi connectivity index (χ0n) is 10.7. The summed E-state index contributed by atoms with van der Waals surface area (Å²) in [6.07, 6.45) is 1.96. The Bertz CT molecular complexity index is 527. The lowest BCUT2D eigenvalue weighted by Gasteiger charge is -2.36. The fraction of sp³-hybridized carbons (Fsp3) is 0.538. The van der Waals surface area contributed by atoms with Gasteiger partial charge in [-0.3, -0.25) is 0 Å². The van der Waals surface area contributed by atoms with E-state index in [9.17, 15) is 13.5 Å². The second-order valence-electron chi connectivity index (χ2n) is 4.97. The standard InChI is InChI=1S/C13H19NO3S/c1-10-5-4-8-14(11(10)2)18(16,17)13-7-3-6-12(15)9-13/h3,6-7,9-11,15H,4-5,8H2,1-2H3. The molecule has 0 radical (unpaired) electrons. The van der Waals surface area contributed by atoms with Crippen molar-refractivity contribution in [3.8, 4) is 5.75 Å². The van der Waals surface area contributed by atoms with Crippen molar-refractivity contribution in [2.45, 2.75) is 37.6 Å². The van der Waals surface area contributed by atoms with Gasteiger partial charge in [-0.05, 0) is 43.9 Å². The fourth-order valence-corrected chi connectivity index (χ4v) is 4.22. The highest BCUT2D eigenvalue weighted by molar-refractivity contribution is 7.89. The number of phenolic OH excluding ortho intramolecular Hbond substituents is 1. The van der Waals surface area contributed by atoms with Crippen molar-refractivity contribution in [3.05, 3.63) is 24.3 Å². The van der Waals surface area contributed by atoms with Crippen LogP contribution < -0.4 is 0 Å². The highest BCUT2D eigenvalue weighted by Gasteiger charge is 2.34. The average Bonchev–Trinajstić information content (AvgIpc) is 2.32. The molecule has 1 aliphatic heterocycles. The smallest absolute Gasteiger partial charge is 0.243 e. The summed E-state index contributed by atoms with van der Waals surface area (Å²) in [4.78, 5) is 0.170. The molecule has 2 rings (SSSR count). The third kappa shape index (κ3) is 2.37. The minimum Gasteiger partial charge on any atom is -0.508 e. The van der Waals surface area contributed by atoms with Crippen LogP contribution in [0.3, 0.4) is 0 Å². The van der Waals surface area contributed by atoms with Gasteiger partial charge in [0.15, 0.2) is 0 Å². The van der Waals surface area contributed by atoms with E-state index in [4.69, 9.17) is 0 Å². The second kappa shape index (κ2) is 4.90. The van der Waals surface area contributed by atoms with E-state index >= 15 is 0 Å². The van der Waals surface area contributed by atoms with Crippen LogP contribution in [0.2, 0.25) is 0 Å². The Morgan fingerprint density at radius 1 is 1.33 bits per heavy atom. The quantitative estimate of drug-likeness (QED) is 0.895. The minimum absolute atomic E-state index is 0.00565. The van der Waals surface area contributed by atoms with E-state index < -0.39 is 10.0 Å². The fourth-order valence-electron chi connectivity index (χ4n) is 2.42. The van der Waals surface area contributed by atoms with Crippen LogP contribution in [0.1, 0.15) is 26.7 Å². The molecule has 1 N–H and O–H groups in total. The molecule has 0 spiro atoms. The van der Waals surface area contributed by atoms with Crippen LogP contribution in [-0.2, 0) is 10.0 Å². The molecule has 2 unspecified atom stereocenters. The van der Waals surface area contributed by atoms with Gasteiger partial charge < -0.3 is 5.11 Å². The van der Waals surface area contributed by atoms with E-state index in [2.05, 4.69) is 6.92 Å². The number of phenols is 1. The molecule has 1 aromatic rings. The number of nitrogens with zero attached hydrogens (tertiary/aromatic N) is 1. The average molecular weight is 269 g/mol. The zero-order chi connectivity index (χ0) is 13.3. The van der Waals surface area contributed by atoms with Crippen LogP contribution in [0.15, 0.2) is 29.2 Å². The summed E-state index contributed by atoms with van der Waals surface area (Å²) in [6, 6.07) is 5.87. The van der Waals surface area contributed by atoms with Gasteiger partial charge in [0, 0.05) is 12.6 Å². The molecular formula is C13H19NO3S. The van der Waals surface area contributed by atoms with E-state index in [1.165, 1.54) is 18.2 Å². The maximum absolute atomic E-state index is 12.5. The maximum Gasteiger partial charge on any atom is 0.243 e. The number of sulfonamides is 1. The summed E-state index contributed by atoms with van der Waals surface area (Å²) in [5.74, 6) is 0.347. The molecule has 1 aromatic carbocycles. The lowest BCUT2D eigenvalue weighted by atomic mass is 9.94. The number of benzene rings is 1. The second-order valence-corrected chi connectivity index (χ2v) is 6.86. The number of hydrogen-bond donors (Lipinski definition) is 1. The number of piperidine rings is 1. The Labute approximate surface area is 108 Å². The molecule has 0 saturated carbocycles. The van der Waals surface area contributed by atoms with Crippen LogP contribution in [0, 0.1) is 5.92 Å². The van der Waals surface area contributed by atoms with E-state index in [1.807, 2.05) is 6.92 Å². The zero-order valence-corrected chi connectivity index (χ0v) is 11.5. The van der Waals surface area contributed by atoms with E-state index in [1.54, 1.807) is 10.4 Å². The van der Waals surface area contributed by atoms with Gasteiger partial charge in [-0.15, -0.1) is 0 Å². The normalized spacial score (nSPS) is 26.1. The van der Waals surface area contributed by atoms with Crippen molar-refractivity contribution >= 4 is 10.0 Å². The molecule has 4 nitrogen and oxygen atoms in total. The molecule has 2 atom stereocenters. The van der Waals surface area contributed by atoms with Gasteiger partial charge in [0.05, 0.1) is 4.90 Å². The molecule has 1 fully saturated rings. The molecule has 0 aliphatic carbocycles. The Hall–Kier alpha value is -1.07. The van der Waals surface area contributed by atoms with E-state index in [0.717, 1.165) is 12.8 Å². The first kappa shape index (κ1) is 13.4. The molecule has 18 heavy (non-hydrogen) atoms. The van der Waals surface area contributed by atoms with Crippen LogP contribution in [0.5, 0.6) is 5.75 Å². The van der Waals surface area contributed by atoms with Gasteiger partial charge in [0.25, 0.3) is 0 Å². The molecule has 100 valence electrons. The summed E-state index contributed by atoms with van der Waals surface area (Å²) in [5.41, 5.74) is 0. The molecule has 0 bridgehead atoms. The third-order valence-electron chi connectivity index (χ3n) is 3.74. The highest BCUT2D eigenvalue weighted by Crippen LogP contribution is 2.29. The van der Waals surface area contributed by atoms with Gasteiger partial charge >= 0.3 is 0 Å². The minimum atomic E-state index is -3.49. The molecule has 1 saturated heterocycles. The van der Waals surface area contributed by atoms with Gasteiger partial charge in [-0.25, -0.2) is 8.42 Å². The van der Waals surface area contributed by atoms with Crippen molar-refractivity contribution in [2.75, 3.05) is 6.54 Å². The summed E-state index contributed by atoms with van der Waals surface area (Å²) in [7, 11) is -3.49. The predicted octanol–water partition coefficient (Wildman–Crippen LogP) is 2.20. The SMILES string of the molecule is CC1CCCN(S(=O)(=O)c2cccc(O)c2)C1C. The Morgan fingerprint density at radius 2 is 2.06 bits per heavy atom. The maximum atomic E-state index is 12.5. The predicted molar refractivity (Wildman–Crippen MR) is 69.9 cm³/mol. The molecular weight excluding hydrogens is 250 g/mol.